The van der Waals surface area contributed by atoms with E-state index >= 15 is 0 Å². The lowest BCUT2D eigenvalue weighted by Crippen LogP contribution is -2.29. The van der Waals surface area contributed by atoms with Crippen LogP contribution in [0, 0.1) is 4.77 Å². The van der Waals surface area contributed by atoms with E-state index in [1.807, 2.05) is 18.2 Å². The molecule has 1 N–H and O–H groups in total. The number of likely N-dealkylation sites (N-methyl/N-ethyl adjacent to an activating group) is 1. The van der Waals surface area contributed by atoms with Crippen LogP contribution in [0.2, 0.25) is 5.02 Å². The van der Waals surface area contributed by atoms with Gasteiger partial charge in [-0.3, -0.25) is 0 Å². The van der Waals surface area contributed by atoms with Gasteiger partial charge < -0.3 is 14.5 Å². The zero-order chi connectivity index (χ0) is 14.0. The van der Waals surface area contributed by atoms with Gasteiger partial charge in [-0.05, 0) is 44.4 Å². The number of nitrogens with one attached hydrogen (secondary N) is 1. The number of H-pyrrole nitrogens is 1. The van der Waals surface area contributed by atoms with Gasteiger partial charge in [0.25, 0.3) is 0 Å². The maximum Gasteiger partial charge on any atom is 0.178 e. The van der Waals surface area contributed by atoms with Gasteiger partial charge in [0.15, 0.2) is 4.77 Å². The second-order valence-electron chi connectivity index (χ2n) is 4.77. The molecule has 0 spiro atoms. The molecule has 0 aliphatic carbocycles. The fourth-order valence-corrected chi connectivity index (χ4v) is 3.14. The zero-order valence-corrected chi connectivity index (χ0v) is 13.2. The van der Waals surface area contributed by atoms with Gasteiger partial charge in [-0.15, -0.1) is 0 Å². The molecule has 19 heavy (non-hydrogen) atoms. The molecule has 3 nitrogen and oxygen atoms in total. The number of halogens is 1. The minimum Gasteiger partial charge on any atom is -0.331 e. The number of benzene rings is 1. The summed E-state index contributed by atoms with van der Waals surface area (Å²) in [5.41, 5.74) is 2.01. The lowest BCUT2D eigenvalue weighted by molar-refractivity contribution is 0.262. The highest BCUT2D eigenvalue weighted by Gasteiger charge is 2.15. The first kappa shape index (κ1) is 14.6. The third-order valence-corrected chi connectivity index (χ3v) is 4.15. The molecular weight excluding hydrogens is 278 g/mol. The highest BCUT2D eigenvalue weighted by molar-refractivity contribution is 7.71. The Hall–Kier alpha value is -0.840. The summed E-state index contributed by atoms with van der Waals surface area (Å²) in [5, 5.41) is 0.747. The molecule has 0 saturated heterocycles. The fraction of sp³-hybridized carbons (Fsp3) is 0.500. The van der Waals surface area contributed by atoms with E-state index < -0.39 is 0 Å². The van der Waals surface area contributed by atoms with E-state index in [-0.39, 0.29) is 0 Å². The number of nitrogens with zero attached hydrogens (tertiary/aromatic N) is 2. The van der Waals surface area contributed by atoms with Crippen LogP contribution in [0.5, 0.6) is 0 Å². The highest BCUT2D eigenvalue weighted by atomic mass is 35.5. The van der Waals surface area contributed by atoms with Crippen molar-refractivity contribution >= 4 is 34.9 Å². The highest BCUT2D eigenvalue weighted by Crippen LogP contribution is 2.26. The van der Waals surface area contributed by atoms with Gasteiger partial charge in [0.2, 0.25) is 0 Å². The van der Waals surface area contributed by atoms with Crippen LogP contribution in [-0.4, -0.2) is 34.1 Å². The summed E-state index contributed by atoms with van der Waals surface area (Å²) in [7, 11) is 0. The molecule has 1 atom stereocenters. The average molecular weight is 298 g/mol. The molecule has 2 aromatic rings. The van der Waals surface area contributed by atoms with Gasteiger partial charge >= 0.3 is 0 Å². The number of hydrogen-bond donors (Lipinski definition) is 1. The van der Waals surface area contributed by atoms with Crippen LogP contribution in [0.1, 0.15) is 26.8 Å². The summed E-state index contributed by atoms with van der Waals surface area (Å²) in [6.45, 7) is 9.61. The smallest absolute Gasteiger partial charge is 0.178 e. The number of hydrogen-bond acceptors (Lipinski definition) is 2. The minimum atomic E-state index is 0.293. The Morgan fingerprint density at radius 1 is 1.37 bits per heavy atom. The number of imidazole rings is 1. The van der Waals surface area contributed by atoms with Crippen LogP contribution in [0.15, 0.2) is 18.2 Å². The number of rotatable bonds is 5. The van der Waals surface area contributed by atoms with Crippen LogP contribution in [0.25, 0.3) is 11.0 Å². The molecule has 0 amide bonds. The summed E-state index contributed by atoms with van der Waals surface area (Å²) in [5.74, 6) is 0. The van der Waals surface area contributed by atoms with Crippen LogP contribution in [-0.2, 0) is 0 Å². The van der Waals surface area contributed by atoms with Crippen LogP contribution < -0.4 is 0 Å². The molecule has 0 radical (unpaired) electrons. The van der Waals surface area contributed by atoms with Crippen molar-refractivity contribution in [2.75, 3.05) is 19.6 Å². The average Bonchev–Trinajstić information content (AvgIpc) is 2.73. The van der Waals surface area contributed by atoms with E-state index in [9.17, 15) is 0 Å². The van der Waals surface area contributed by atoms with Gasteiger partial charge in [-0.1, -0.05) is 31.5 Å². The Morgan fingerprint density at radius 2 is 2.05 bits per heavy atom. The molecule has 0 bridgehead atoms. The Bertz CT molecular complexity index is 613. The van der Waals surface area contributed by atoms with Crippen molar-refractivity contribution in [1.29, 1.82) is 0 Å². The molecule has 0 aliphatic heterocycles. The second-order valence-corrected chi connectivity index (χ2v) is 5.56. The van der Waals surface area contributed by atoms with Crippen LogP contribution >= 0.6 is 23.8 Å². The fourth-order valence-electron chi connectivity index (χ4n) is 2.50. The number of fused-ring (bicyclic) bond motifs is 1. The van der Waals surface area contributed by atoms with Crippen molar-refractivity contribution in [3.05, 3.63) is 28.0 Å². The molecule has 5 heteroatoms. The molecule has 1 unspecified atom stereocenters. The van der Waals surface area contributed by atoms with E-state index in [2.05, 4.69) is 35.2 Å². The third kappa shape index (κ3) is 2.86. The molecule has 2 rings (SSSR count). The topological polar surface area (TPSA) is 24.0 Å². The summed E-state index contributed by atoms with van der Waals surface area (Å²) in [6, 6.07) is 6.15. The van der Waals surface area contributed by atoms with E-state index in [0.717, 1.165) is 40.5 Å². The van der Waals surface area contributed by atoms with Crippen LogP contribution in [0.4, 0.5) is 0 Å². The van der Waals surface area contributed by atoms with Crippen molar-refractivity contribution in [2.24, 2.45) is 0 Å². The lowest BCUT2D eigenvalue weighted by Gasteiger charge is -2.24. The second kappa shape index (κ2) is 6.07. The van der Waals surface area contributed by atoms with E-state index in [0.29, 0.717) is 6.04 Å². The third-order valence-electron chi connectivity index (χ3n) is 3.55. The number of aromatic amines is 1. The Morgan fingerprint density at radius 3 is 2.68 bits per heavy atom. The van der Waals surface area contributed by atoms with Crippen molar-refractivity contribution in [3.8, 4) is 0 Å². The molecule has 0 fully saturated rings. The molecular formula is C14H20ClN3S. The van der Waals surface area contributed by atoms with Crippen molar-refractivity contribution in [1.82, 2.24) is 14.5 Å². The molecule has 1 aromatic heterocycles. The normalized spacial score (nSPS) is 13.3. The number of aromatic nitrogens is 2. The predicted molar refractivity (Wildman–Crippen MR) is 84.6 cm³/mol. The first-order valence-corrected chi connectivity index (χ1v) is 7.48. The molecule has 0 saturated carbocycles. The van der Waals surface area contributed by atoms with Gasteiger partial charge in [-0.2, -0.15) is 0 Å². The monoisotopic (exact) mass is 297 g/mol. The summed E-state index contributed by atoms with van der Waals surface area (Å²) in [4.78, 5) is 5.62. The standard InChI is InChI=1S/C14H20ClN3S/c1-4-17(5-2)9-10(3)18-13-11(15)7-6-8-12(13)16-14(18)19/h6-8,10H,4-5,9H2,1-3H3,(H,16,19). The number of para-hydroxylation sites is 1. The Kier molecular flexibility index (Phi) is 4.66. The van der Waals surface area contributed by atoms with Gasteiger partial charge in [0.05, 0.1) is 16.1 Å². The Balaban J connectivity index is 2.44. The van der Waals surface area contributed by atoms with Crippen LogP contribution in [0.3, 0.4) is 0 Å². The first-order chi connectivity index (χ1) is 9.08. The predicted octanol–water partition coefficient (Wildman–Crippen LogP) is 4.26. The summed E-state index contributed by atoms with van der Waals surface area (Å²) in [6.07, 6.45) is 0. The molecule has 104 valence electrons. The molecule has 1 heterocycles. The Labute approximate surface area is 124 Å². The maximum absolute atomic E-state index is 6.32. The quantitative estimate of drug-likeness (QED) is 0.834. The zero-order valence-electron chi connectivity index (χ0n) is 11.6. The van der Waals surface area contributed by atoms with E-state index in [4.69, 9.17) is 23.8 Å². The van der Waals surface area contributed by atoms with Gasteiger partial charge in [0, 0.05) is 12.6 Å². The van der Waals surface area contributed by atoms with Gasteiger partial charge in [-0.25, -0.2) is 0 Å². The van der Waals surface area contributed by atoms with E-state index in [1.54, 1.807) is 0 Å². The molecule has 1 aromatic carbocycles. The molecule has 0 aliphatic rings. The summed E-state index contributed by atoms with van der Waals surface area (Å²) < 4.78 is 2.87. The SMILES string of the molecule is CCN(CC)CC(C)n1c(=S)[nH]c2cccc(Cl)c21. The largest absolute Gasteiger partial charge is 0.331 e. The lowest BCUT2D eigenvalue weighted by atomic mass is 10.2. The summed E-state index contributed by atoms with van der Waals surface area (Å²) >= 11 is 11.8. The van der Waals surface area contributed by atoms with Crippen molar-refractivity contribution in [3.63, 3.8) is 0 Å². The van der Waals surface area contributed by atoms with E-state index in [1.165, 1.54) is 0 Å². The van der Waals surface area contributed by atoms with Crippen molar-refractivity contribution < 1.29 is 0 Å². The first-order valence-electron chi connectivity index (χ1n) is 6.69. The minimum absolute atomic E-state index is 0.293. The van der Waals surface area contributed by atoms with Crippen molar-refractivity contribution in [2.45, 2.75) is 26.8 Å². The maximum atomic E-state index is 6.32. The van der Waals surface area contributed by atoms with Gasteiger partial charge in [0.1, 0.15) is 0 Å².